The number of nitrogens with zero attached hydrogens (tertiary/aromatic N) is 2. The van der Waals surface area contributed by atoms with Gasteiger partial charge in [-0.05, 0) is 35.7 Å². The lowest BCUT2D eigenvalue weighted by Gasteiger charge is -2.31. The topological polar surface area (TPSA) is 54.5 Å². The van der Waals surface area contributed by atoms with E-state index in [9.17, 15) is 18.0 Å². The van der Waals surface area contributed by atoms with Crippen molar-refractivity contribution >= 4 is 33.0 Å². The molecule has 5 rings (SSSR count). The molecule has 1 amide bonds. The molecule has 1 aliphatic rings. The summed E-state index contributed by atoms with van der Waals surface area (Å²) in [5.41, 5.74) is 4.27. The summed E-state index contributed by atoms with van der Waals surface area (Å²) in [6.07, 6.45) is 1.46. The zero-order chi connectivity index (χ0) is 24.0. The van der Waals surface area contributed by atoms with Crippen LogP contribution in [0.25, 0.3) is 21.3 Å². The van der Waals surface area contributed by atoms with Gasteiger partial charge in [-0.25, -0.2) is 13.2 Å². The SMILES string of the molecule is CC(C)c1c(C(=O)NN2CCOc3ccccc32)sc2c(-c3cc(F)cc(F)c3F)nccc12. The van der Waals surface area contributed by atoms with Crippen LogP contribution in [0, 0.1) is 17.5 Å². The molecule has 2 aromatic carbocycles. The molecule has 0 fully saturated rings. The van der Waals surface area contributed by atoms with Gasteiger partial charge >= 0.3 is 0 Å². The lowest BCUT2D eigenvalue weighted by Crippen LogP contribution is -2.46. The number of rotatable bonds is 4. The van der Waals surface area contributed by atoms with E-state index in [1.165, 1.54) is 6.20 Å². The summed E-state index contributed by atoms with van der Waals surface area (Å²) in [7, 11) is 0. The molecule has 174 valence electrons. The minimum atomic E-state index is -1.29. The van der Waals surface area contributed by atoms with Crippen molar-refractivity contribution in [1.29, 1.82) is 0 Å². The fourth-order valence-electron chi connectivity index (χ4n) is 4.16. The van der Waals surface area contributed by atoms with Crippen molar-refractivity contribution in [3.05, 3.63) is 76.6 Å². The van der Waals surface area contributed by atoms with Crippen LogP contribution < -0.4 is 15.2 Å². The third-order valence-electron chi connectivity index (χ3n) is 5.64. The number of ether oxygens (including phenoxy) is 1. The van der Waals surface area contributed by atoms with Crippen LogP contribution in [0.1, 0.15) is 35.0 Å². The fraction of sp³-hybridized carbons (Fsp3) is 0.200. The molecule has 5 nitrogen and oxygen atoms in total. The first kappa shape index (κ1) is 22.2. The molecule has 4 aromatic rings. The highest BCUT2D eigenvalue weighted by molar-refractivity contribution is 7.21. The zero-order valence-electron chi connectivity index (χ0n) is 18.4. The number of halogens is 3. The van der Waals surface area contributed by atoms with Crippen LogP contribution in [0.15, 0.2) is 48.7 Å². The second kappa shape index (κ2) is 8.64. The third kappa shape index (κ3) is 3.75. The Labute approximate surface area is 197 Å². The van der Waals surface area contributed by atoms with Crippen LogP contribution in [-0.4, -0.2) is 24.0 Å². The van der Waals surface area contributed by atoms with Gasteiger partial charge in [-0.3, -0.25) is 20.2 Å². The van der Waals surface area contributed by atoms with E-state index in [2.05, 4.69) is 10.4 Å². The molecule has 9 heteroatoms. The number of thiophene rings is 1. The van der Waals surface area contributed by atoms with Crippen LogP contribution in [0.4, 0.5) is 18.9 Å². The first-order valence-corrected chi connectivity index (χ1v) is 11.5. The van der Waals surface area contributed by atoms with Crippen molar-refractivity contribution in [1.82, 2.24) is 10.4 Å². The van der Waals surface area contributed by atoms with Crippen molar-refractivity contribution in [2.24, 2.45) is 0 Å². The minimum Gasteiger partial charge on any atom is -0.489 e. The fourth-order valence-corrected chi connectivity index (χ4v) is 5.51. The standard InChI is InChI=1S/C25H20F3N3O2S/c1-13(2)20-15-7-8-29-22(16-11-14(26)12-17(27)21(16)28)23(15)34-24(20)25(32)30-31-9-10-33-19-6-4-3-5-18(19)31/h3-8,11-13H,9-10H2,1-2H3,(H,30,32). The predicted molar refractivity (Wildman–Crippen MR) is 126 cm³/mol. The molecule has 0 aliphatic carbocycles. The maximum absolute atomic E-state index is 14.6. The van der Waals surface area contributed by atoms with Gasteiger partial charge < -0.3 is 4.74 Å². The number of aromatic nitrogens is 1. The molecule has 0 bridgehead atoms. The van der Waals surface area contributed by atoms with Gasteiger partial charge in [0.05, 0.1) is 27.5 Å². The number of carbonyl (C=O) groups excluding carboxylic acids is 1. The zero-order valence-corrected chi connectivity index (χ0v) is 19.2. The summed E-state index contributed by atoms with van der Waals surface area (Å²) in [6, 6.07) is 10.5. The monoisotopic (exact) mass is 483 g/mol. The van der Waals surface area contributed by atoms with Crippen LogP contribution in [-0.2, 0) is 0 Å². The Morgan fingerprint density at radius 1 is 1.18 bits per heavy atom. The van der Waals surface area contributed by atoms with Gasteiger partial charge in [0.1, 0.15) is 18.2 Å². The Kier molecular flexibility index (Phi) is 5.65. The van der Waals surface area contributed by atoms with E-state index in [4.69, 9.17) is 4.74 Å². The largest absolute Gasteiger partial charge is 0.489 e. The average molecular weight is 484 g/mol. The Balaban J connectivity index is 1.61. The number of carbonyl (C=O) groups is 1. The number of hydrogen-bond donors (Lipinski definition) is 1. The maximum Gasteiger partial charge on any atom is 0.280 e. The van der Waals surface area contributed by atoms with Crippen LogP contribution in [0.3, 0.4) is 0 Å². The molecule has 0 spiro atoms. The number of pyridine rings is 1. The lowest BCUT2D eigenvalue weighted by atomic mass is 9.98. The summed E-state index contributed by atoms with van der Waals surface area (Å²) in [4.78, 5) is 18.1. The number of amides is 1. The first-order chi connectivity index (χ1) is 16.3. The second-order valence-corrected chi connectivity index (χ2v) is 9.21. The number of hydrogen-bond acceptors (Lipinski definition) is 5. The molecule has 0 saturated carbocycles. The summed E-state index contributed by atoms with van der Waals surface area (Å²) >= 11 is 1.13. The molecule has 0 unspecified atom stereocenters. The minimum absolute atomic E-state index is 0.0455. The van der Waals surface area contributed by atoms with E-state index in [0.29, 0.717) is 39.9 Å². The highest BCUT2D eigenvalue weighted by atomic mass is 32.1. The van der Waals surface area contributed by atoms with E-state index in [0.717, 1.165) is 28.7 Å². The van der Waals surface area contributed by atoms with Crippen LogP contribution >= 0.6 is 11.3 Å². The molecule has 34 heavy (non-hydrogen) atoms. The summed E-state index contributed by atoms with van der Waals surface area (Å²) in [5.74, 6) is -3.09. The molecule has 1 N–H and O–H groups in total. The van der Waals surface area contributed by atoms with Gasteiger partial charge in [0.25, 0.3) is 5.91 Å². The van der Waals surface area contributed by atoms with E-state index in [1.54, 1.807) is 11.1 Å². The molecular weight excluding hydrogens is 463 g/mol. The highest BCUT2D eigenvalue weighted by Crippen LogP contribution is 2.41. The van der Waals surface area contributed by atoms with E-state index >= 15 is 0 Å². The molecule has 3 heterocycles. The summed E-state index contributed by atoms with van der Waals surface area (Å²) in [5, 5.41) is 2.43. The average Bonchev–Trinajstić information content (AvgIpc) is 3.22. The number of benzene rings is 2. The van der Waals surface area contributed by atoms with Gasteiger partial charge in [0.2, 0.25) is 0 Å². The molecule has 2 aromatic heterocycles. The number of anilines is 1. The first-order valence-electron chi connectivity index (χ1n) is 10.7. The Bertz CT molecular complexity index is 1420. The van der Waals surface area contributed by atoms with Crippen molar-refractivity contribution in [2.45, 2.75) is 19.8 Å². The Morgan fingerprint density at radius 3 is 2.76 bits per heavy atom. The number of fused-ring (bicyclic) bond motifs is 2. The van der Waals surface area contributed by atoms with Crippen molar-refractivity contribution in [2.75, 3.05) is 18.2 Å². The lowest BCUT2D eigenvalue weighted by molar-refractivity contribution is 0.0948. The molecular formula is C25H20F3N3O2S. The summed E-state index contributed by atoms with van der Waals surface area (Å²) < 4.78 is 48.6. The highest BCUT2D eigenvalue weighted by Gasteiger charge is 2.27. The Hall–Kier alpha value is -3.59. The Morgan fingerprint density at radius 2 is 1.97 bits per heavy atom. The van der Waals surface area contributed by atoms with Gasteiger partial charge in [0.15, 0.2) is 11.6 Å². The van der Waals surface area contributed by atoms with Gasteiger partial charge in [-0.15, -0.1) is 11.3 Å². The van der Waals surface area contributed by atoms with Gasteiger partial charge in [-0.1, -0.05) is 26.0 Å². The van der Waals surface area contributed by atoms with Crippen LogP contribution in [0.2, 0.25) is 0 Å². The molecule has 0 atom stereocenters. The van der Waals surface area contributed by atoms with Crippen molar-refractivity contribution < 1.29 is 22.7 Å². The second-order valence-electron chi connectivity index (χ2n) is 8.19. The molecule has 0 radical (unpaired) electrons. The maximum atomic E-state index is 14.6. The number of para-hydroxylation sites is 2. The van der Waals surface area contributed by atoms with E-state index < -0.39 is 17.5 Å². The predicted octanol–water partition coefficient (Wildman–Crippen LogP) is 6.05. The van der Waals surface area contributed by atoms with Gasteiger partial charge in [0, 0.05) is 23.2 Å². The number of nitrogens with one attached hydrogen (secondary N) is 1. The smallest absolute Gasteiger partial charge is 0.280 e. The molecule has 1 aliphatic heterocycles. The number of hydrazine groups is 1. The van der Waals surface area contributed by atoms with Crippen molar-refractivity contribution in [3.63, 3.8) is 0 Å². The molecule has 0 saturated heterocycles. The van der Waals surface area contributed by atoms with Gasteiger partial charge in [-0.2, -0.15) is 0 Å². The van der Waals surface area contributed by atoms with E-state index in [-0.39, 0.29) is 23.1 Å². The normalized spacial score (nSPS) is 13.2. The van der Waals surface area contributed by atoms with E-state index in [1.807, 2.05) is 38.1 Å². The van der Waals surface area contributed by atoms with Crippen LogP contribution in [0.5, 0.6) is 5.75 Å². The third-order valence-corrected chi connectivity index (χ3v) is 6.87. The van der Waals surface area contributed by atoms with Crippen molar-refractivity contribution in [3.8, 4) is 17.0 Å². The summed E-state index contributed by atoms with van der Waals surface area (Å²) in [6.45, 7) is 4.78. The quantitative estimate of drug-likeness (QED) is 0.359.